The highest BCUT2D eigenvalue weighted by molar-refractivity contribution is 6.32. The lowest BCUT2D eigenvalue weighted by atomic mass is 10.00. The maximum Gasteiger partial charge on any atom is 0.255 e. The molecule has 0 aliphatic rings. The maximum absolute atomic E-state index is 13.5. The quantitative estimate of drug-likeness (QED) is 0.281. The van der Waals surface area contributed by atoms with Gasteiger partial charge >= 0.3 is 0 Å². The number of furan rings is 1. The van der Waals surface area contributed by atoms with Gasteiger partial charge in [0.05, 0.1) is 16.5 Å². The van der Waals surface area contributed by atoms with Crippen LogP contribution in [0.5, 0.6) is 0 Å². The second-order valence-electron chi connectivity index (χ2n) is 8.99. The van der Waals surface area contributed by atoms with E-state index in [1.165, 1.54) is 37.7 Å². The molecule has 2 amide bonds. The topological polar surface area (TPSA) is 123 Å². The summed E-state index contributed by atoms with van der Waals surface area (Å²) in [6, 6.07) is 14.1. The number of aromatic nitrogens is 3. The fourth-order valence-electron chi connectivity index (χ4n) is 4.05. The van der Waals surface area contributed by atoms with Crippen molar-refractivity contribution in [2.24, 2.45) is 0 Å². The van der Waals surface area contributed by atoms with E-state index in [9.17, 15) is 14.0 Å². The van der Waals surface area contributed by atoms with E-state index in [0.717, 1.165) is 0 Å². The molecule has 5 rings (SSSR count). The number of hydrogen-bond donors (Lipinski definition) is 2. The highest BCUT2D eigenvalue weighted by Gasteiger charge is 2.28. The Balaban J connectivity index is 1.57. The second-order valence-corrected chi connectivity index (χ2v) is 9.34. The van der Waals surface area contributed by atoms with Crippen LogP contribution >= 0.6 is 11.6 Å². The molecule has 0 aliphatic carbocycles. The molecule has 0 radical (unpaired) electrons. The predicted molar refractivity (Wildman–Crippen MR) is 138 cm³/mol. The Morgan fingerprint density at radius 1 is 1.03 bits per heavy atom. The van der Waals surface area contributed by atoms with Crippen LogP contribution in [-0.4, -0.2) is 34.0 Å². The first-order valence-corrected chi connectivity index (χ1v) is 11.9. The molecule has 0 saturated carbocycles. The summed E-state index contributed by atoms with van der Waals surface area (Å²) in [5.74, 6) is -0.621. The first-order chi connectivity index (χ1) is 18.2. The van der Waals surface area contributed by atoms with Crippen LogP contribution < -0.4 is 10.6 Å². The summed E-state index contributed by atoms with van der Waals surface area (Å²) < 4.78 is 24.2. The van der Waals surface area contributed by atoms with Crippen molar-refractivity contribution in [3.8, 4) is 22.5 Å². The minimum atomic E-state index is -0.881. The molecule has 0 spiro atoms. The lowest BCUT2D eigenvalue weighted by molar-refractivity contribution is 0.0906. The van der Waals surface area contributed by atoms with Crippen LogP contribution in [-0.2, 0) is 5.54 Å². The number of nitrogens with zero attached hydrogens (tertiary/aromatic N) is 3. The molecule has 192 valence electrons. The van der Waals surface area contributed by atoms with Crippen LogP contribution in [0.3, 0.4) is 0 Å². The molecule has 5 aromatic rings. The Bertz CT molecular complexity index is 1660. The molecule has 3 heterocycles. The van der Waals surface area contributed by atoms with Gasteiger partial charge in [0.2, 0.25) is 12.1 Å². The fourth-order valence-corrected chi connectivity index (χ4v) is 4.29. The van der Waals surface area contributed by atoms with Crippen LogP contribution in [0.1, 0.15) is 40.4 Å². The number of pyridine rings is 1. The Morgan fingerprint density at radius 2 is 1.79 bits per heavy atom. The number of carbonyl (C=O) groups excluding carboxylic acids is 2. The Morgan fingerprint density at radius 3 is 2.47 bits per heavy atom. The van der Waals surface area contributed by atoms with Gasteiger partial charge in [-0.1, -0.05) is 28.9 Å². The molecular formula is C27H21ClFN5O4. The molecule has 2 N–H and O–H groups in total. The summed E-state index contributed by atoms with van der Waals surface area (Å²) in [6.07, 6.45) is 1.19. The van der Waals surface area contributed by atoms with Crippen LogP contribution in [0.4, 0.5) is 4.39 Å². The minimum absolute atomic E-state index is 0.116. The second kappa shape index (κ2) is 9.71. The summed E-state index contributed by atoms with van der Waals surface area (Å²) in [4.78, 5) is 34.3. The van der Waals surface area contributed by atoms with Crippen LogP contribution in [0, 0.1) is 5.82 Å². The van der Waals surface area contributed by atoms with Crippen LogP contribution in [0.25, 0.3) is 33.6 Å². The fraction of sp³-hybridized carbons (Fsp3) is 0.148. The minimum Gasteiger partial charge on any atom is -0.437 e. The zero-order valence-corrected chi connectivity index (χ0v) is 21.3. The van der Waals surface area contributed by atoms with Crippen molar-refractivity contribution < 1.29 is 22.9 Å². The van der Waals surface area contributed by atoms with Gasteiger partial charge in [0.1, 0.15) is 16.7 Å². The van der Waals surface area contributed by atoms with E-state index in [4.69, 9.17) is 20.5 Å². The van der Waals surface area contributed by atoms with Crippen molar-refractivity contribution in [3.05, 3.63) is 88.9 Å². The number of halogens is 2. The predicted octanol–water partition coefficient (Wildman–Crippen LogP) is 5.36. The van der Waals surface area contributed by atoms with E-state index in [2.05, 4.69) is 25.8 Å². The molecule has 11 heteroatoms. The third-order valence-electron chi connectivity index (χ3n) is 5.98. The average molecular weight is 534 g/mol. The molecule has 0 fully saturated rings. The number of nitrogens with one attached hydrogen (secondary N) is 2. The Kier molecular flexibility index (Phi) is 6.41. The molecule has 2 aromatic carbocycles. The van der Waals surface area contributed by atoms with E-state index in [0.29, 0.717) is 33.5 Å². The molecule has 38 heavy (non-hydrogen) atoms. The average Bonchev–Trinajstić information content (AvgIpc) is 3.57. The molecule has 0 unspecified atom stereocenters. The van der Waals surface area contributed by atoms with E-state index >= 15 is 0 Å². The van der Waals surface area contributed by atoms with Crippen molar-refractivity contribution in [2.45, 2.75) is 19.4 Å². The highest BCUT2D eigenvalue weighted by atomic mass is 35.5. The van der Waals surface area contributed by atoms with Crippen LogP contribution in [0.2, 0.25) is 5.15 Å². The van der Waals surface area contributed by atoms with Crippen molar-refractivity contribution in [3.63, 3.8) is 0 Å². The first-order valence-electron chi connectivity index (χ1n) is 11.5. The van der Waals surface area contributed by atoms with Gasteiger partial charge in [0.25, 0.3) is 11.8 Å². The number of carbonyl (C=O) groups is 2. The van der Waals surface area contributed by atoms with Gasteiger partial charge in [-0.15, -0.1) is 0 Å². The van der Waals surface area contributed by atoms with Gasteiger partial charge in [-0.2, -0.15) is 4.98 Å². The lowest BCUT2D eigenvalue weighted by Crippen LogP contribution is -2.41. The van der Waals surface area contributed by atoms with Crippen molar-refractivity contribution in [2.75, 3.05) is 7.05 Å². The van der Waals surface area contributed by atoms with Crippen molar-refractivity contribution >= 4 is 34.5 Å². The Labute approximate surface area is 221 Å². The zero-order valence-electron chi connectivity index (χ0n) is 20.5. The van der Waals surface area contributed by atoms with Crippen LogP contribution in [0.15, 0.2) is 69.9 Å². The lowest BCUT2D eigenvalue weighted by Gasteiger charge is -2.22. The van der Waals surface area contributed by atoms with Gasteiger partial charge in [0.15, 0.2) is 5.82 Å². The first kappa shape index (κ1) is 25.1. The highest BCUT2D eigenvalue weighted by Crippen LogP contribution is 2.38. The summed E-state index contributed by atoms with van der Waals surface area (Å²) in [5.41, 5.74) is 1.45. The number of rotatable bonds is 6. The number of hydrogen-bond acceptors (Lipinski definition) is 7. The number of fused-ring (bicyclic) bond motifs is 1. The van der Waals surface area contributed by atoms with Gasteiger partial charge in [-0.05, 0) is 61.9 Å². The molecule has 0 aliphatic heterocycles. The summed E-state index contributed by atoms with van der Waals surface area (Å²) >= 11 is 6.54. The standard InChI is InChI=1S/C27H21ClFN5O4/c1-27(2,26-31-13-37-34-26)33-23(35)16-6-4-5-15(11-16)18-12-19-20(24(36)30-3)21(38-25(19)32-22(18)28)14-7-9-17(29)10-8-14/h4-13H,1-3H3,(H,30,36)(H,33,35). The molecule has 0 saturated heterocycles. The summed E-state index contributed by atoms with van der Waals surface area (Å²) in [7, 11) is 1.50. The van der Waals surface area contributed by atoms with Crippen molar-refractivity contribution in [1.82, 2.24) is 25.8 Å². The monoisotopic (exact) mass is 533 g/mol. The largest absolute Gasteiger partial charge is 0.437 e. The van der Waals surface area contributed by atoms with Gasteiger partial charge in [0, 0.05) is 23.7 Å². The number of amides is 2. The van der Waals surface area contributed by atoms with Crippen molar-refractivity contribution in [1.29, 1.82) is 0 Å². The van der Waals surface area contributed by atoms with E-state index in [1.807, 2.05) is 0 Å². The summed E-state index contributed by atoms with van der Waals surface area (Å²) in [6.45, 7) is 3.51. The SMILES string of the molecule is CNC(=O)c1c(-c2ccc(F)cc2)oc2nc(Cl)c(-c3cccc(C(=O)NC(C)(C)c4ncon4)c3)cc12. The van der Waals surface area contributed by atoms with Gasteiger partial charge in [-0.25, -0.2) is 9.37 Å². The molecule has 9 nitrogen and oxygen atoms in total. The number of benzene rings is 2. The molecule has 3 aromatic heterocycles. The molecular weight excluding hydrogens is 513 g/mol. The molecule has 0 atom stereocenters. The zero-order chi connectivity index (χ0) is 27.0. The van der Waals surface area contributed by atoms with Gasteiger partial charge in [-0.3, -0.25) is 9.59 Å². The normalized spacial score (nSPS) is 11.5. The molecule has 0 bridgehead atoms. The smallest absolute Gasteiger partial charge is 0.255 e. The third-order valence-corrected chi connectivity index (χ3v) is 6.27. The summed E-state index contributed by atoms with van der Waals surface area (Å²) in [5, 5.41) is 9.84. The van der Waals surface area contributed by atoms with E-state index < -0.39 is 17.3 Å². The third kappa shape index (κ3) is 4.61. The van der Waals surface area contributed by atoms with E-state index in [1.54, 1.807) is 44.2 Å². The van der Waals surface area contributed by atoms with E-state index in [-0.39, 0.29) is 28.1 Å². The van der Waals surface area contributed by atoms with Gasteiger partial charge < -0.3 is 19.6 Å². The Hall–Kier alpha value is -4.57. The maximum atomic E-state index is 13.5.